The van der Waals surface area contributed by atoms with Crippen LogP contribution >= 0.6 is 15.9 Å². The van der Waals surface area contributed by atoms with E-state index in [9.17, 15) is 4.79 Å². The molecule has 0 radical (unpaired) electrons. The van der Waals surface area contributed by atoms with Crippen molar-refractivity contribution in [2.75, 3.05) is 6.54 Å². The lowest BCUT2D eigenvalue weighted by Gasteiger charge is -2.27. The summed E-state index contributed by atoms with van der Waals surface area (Å²) in [5, 5.41) is 0. The molecular weight excluding hydrogens is 380 g/mol. The Kier molecular flexibility index (Phi) is 4.46. The molecule has 3 aromatic rings. The van der Waals surface area contributed by atoms with Crippen molar-refractivity contribution in [2.45, 2.75) is 19.5 Å². The van der Waals surface area contributed by atoms with Crippen molar-refractivity contribution in [3.05, 3.63) is 80.4 Å². The highest BCUT2D eigenvalue weighted by molar-refractivity contribution is 9.10. The third-order valence-electron chi connectivity index (χ3n) is 4.39. The Morgan fingerprint density at radius 1 is 1.16 bits per heavy atom. The molecule has 6 heteroatoms. The van der Waals surface area contributed by atoms with Gasteiger partial charge in [0.1, 0.15) is 10.4 Å². The van der Waals surface area contributed by atoms with Gasteiger partial charge in [0, 0.05) is 37.8 Å². The molecule has 0 saturated carbocycles. The van der Waals surface area contributed by atoms with E-state index in [2.05, 4.69) is 30.8 Å². The number of hydrogen-bond donors (Lipinski definition) is 1. The fourth-order valence-corrected chi connectivity index (χ4v) is 3.34. The predicted octanol–water partition coefficient (Wildman–Crippen LogP) is 3.15. The number of aromatic amines is 1. The first-order valence-electron chi connectivity index (χ1n) is 8.19. The first-order chi connectivity index (χ1) is 12.2. The number of halogens is 1. The maximum absolute atomic E-state index is 12.6. The van der Waals surface area contributed by atoms with E-state index in [1.54, 1.807) is 0 Å². The molecule has 0 unspecified atom stereocenters. The number of fused-ring (bicyclic) bond motifs is 1. The summed E-state index contributed by atoms with van der Waals surface area (Å²) in [7, 11) is 0. The summed E-state index contributed by atoms with van der Waals surface area (Å²) in [4.78, 5) is 26.7. The molecule has 4 rings (SSSR count). The summed E-state index contributed by atoms with van der Waals surface area (Å²) in [5.41, 5.74) is 3.72. The van der Waals surface area contributed by atoms with Gasteiger partial charge in [0.25, 0.3) is 5.56 Å². The molecule has 0 amide bonds. The van der Waals surface area contributed by atoms with E-state index in [1.807, 2.05) is 48.7 Å². The van der Waals surface area contributed by atoms with Crippen molar-refractivity contribution in [1.29, 1.82) is 0 Å². The smallest absolute Gasteiger partial charge is 0.255 e. The van der Waals surface area contributed by atoms with E-state index in [-0.39, 0.29) is 5.56 Å². The van der Waals surface area contributed by atoms with Gasteiger partial charge in [-0.1, -0.05) is 36.4 Å². The molecule has 1 aromatic carbocycles. The normalized spacial score (nSPS) is 14.3. The Morgan fingerprint density at radius 3 is 2.76 bits per heavy atom. The second-order valence-electron chi connectivity index (χ2n) is 6.16. The topological polar surface area (TPSA) is 61.9 Å². The zero-order chi connectivity index (χ0) is 17.2. The highest BCUT2D eigenvalue weighted by Crippen LogP contribution is 2.20. The van der Waals surface area contributed by atoms with Gasteiger partial charge in [0.05, 0.1) is 11.3 Å². The molecular formula is C19H17BrN4O. The van der Waals surface area contributed by atoms with Gasteiger partial charge >= 0.3 is 0 Å². The number of benzene rings is 1. The monoisotopic (exact) mass is 396 g/mol. The molecule has 2 aromatic heterocycles. The molecule has 25 heavy (non-hydrogen) atoms. The average Bonchev–Trinajstić information content (AvgIpc) is 2.65. The van der Waals surface area contributed by atoms with Gasteiger partial charge < -0.3 is 4.98 Å². The maximum atomic E-state index is 12.6. The Morgan fingerprint density at radius 2 is 2.00 bits per heavy atom. The summed E-state index contributed by atoms with van der Waals surface area (Å²) < 4.78 is 0.828. The molecule has 3 heterocycles. The molecule has 0 fully saturated rings. The maximum Gasteiger partial charge on any atom is 0.255 e. The lowest BCUT2D eigenvalue weighted by atomic mass is 10.1. The second kappa shape index (κ2) is 6.90. The van der Waals surface area contributed by atoms with Crippen LogP contribution in [0.25, 0.3) is 11.4 Å². The zero-order valence-corrected chi connectivity index (χ0v) is 15.2. The van der Waals surface area contributed by atoms with E-state index in [0.717, 1.165) is 46.5 Å². The lowest BCUT2D eigenvalue weighted by molar-refractivity contribution is 0.241. The van der Waals surface area contributed by atoms with Gasteiger partial charge in [-0.15, -0.1) is 0 Å². The van der Waals surface area contributed by atoms with Crippen LogP contribution < -0.4 is 5.56 Å². The number of hydrogen-bond acceptors (Lipinski definition) is 4. The summed E-state index contributed by atoms with van der Waals surface area (Å²) >= 11 is 3.35. The third-order valence-corrected chi connectivity index (χ3v) is 4.86. The fraction of sp³-hybridized carbons (Fsp3) is 0.211. The quantitative estimate of drug-likeness (QED) is 0.690. The Labute approximate surface area is 153 Å². The van der Waals surface area contributed by atoms with Crippen molar-refractivity contribution < 1.29 is 0 Å². The molecule has 0 spiro atoms. The average molecular weight is 397 g/mol. The van der Waals surface area contributed by atoms with E-state index < -0.39 is 0 Å². The van der Waals surface area contributed by atoms with E-state index in [0.29, 0.717) is 12.4 Å². The first-order valence-corrected chi connectivity index (χ1v) is 8.98. The van der Waals surface area contributed by atoms with Crippen LogP contribution in [-0.4, -0.2) is 26.4 Å². The van der Waals surface area contributed by atoms with Gasteiger partial charge in [0.15, 0.2) is 0 Å². The highest BCUT2D eigenvalue weighted by Gasteiger charge is 2.21. The van der Waals surface area contributed by atoms with Crippen LogP contribution in [-0.2, 0) is 19.5 Å². The minimum atomic E-state index is -0.0394. The van der Waals surface area contributed by atoms with Gasteiger partial charge in [-0.25, -0.2) is 9.97 Å². The van der Waals surface area contributed by atoms with Crippen LogP contribution in [0.4, 0.5) is 0 Å². The second-order valence-corrected chi connectivity index (χ2v) is 6.97. The van der Waals surface area contributed by atoms with Crippen LogP contribution in [0.1, 0.15) is 16.8 Å². The summed E-state index contributed by atoms with van der Waals surface area (Å²) in [6.07, 6.45) is 2.64. The number of rotatable bonds is 3. The lowest BCUT2D eigenvalue weighted by Crippen LogP contribution is -2.35. The van der Waals surface area contributed by atoms with Gasteiger partial charge in [-0.2, -0.15) is 0 Å². The number of aromatic nitrogens is 3. The molecule has 5 nitrogen and oxygen atoms in total. The van der Waals surface area contributed by atoms with Crippen LogP contribution in [0.3, 0.4) is 0 Å². The SMILES string of the molecule is O=c1[nH]c(-c2ccccc2)nc2c1CN(Cc1ccc(Br)nc1)CC2. The molecule has 1 aliphatic rings. The molecule has 0 bridgehead atoms. The highest BCUT2D eigenvalue weighted by atomic mass is 79.9. The first kappa shape index (κ1) is 16.2. The molecule has 0 saturated heterocycles. The number of nitrogens with one attached hydrogen (secondary N) is 1. The van der Waals surface area contributed by atoms with Crippen LogP contribution in [0, 0.1) is 0 Å². The van der Waals surface area contributed by atoms with Crippen molar-refractivity contribution in [3.8, 4) is 11.4 Å². The summed E-state index contributed by atoms with van der Waals surface area (Å²) in [5.74, 6) is 0.648. The minimum absolute atomic E-state index is 0.0394. The summed E-state index contributed by atoms with van der Waals surface area (Å²) in [6, 6.07) is 13.8. The van der Waals surface area contributed by atoms with Crippen molar-refractivity contribution >= 4 is 15.9 Å². The number of pyridine rings is 1. The van der Waals surface area contributed by atoms with Gasteiger partial charge in [-0.05, 0) is 27.6 Å². The number of nitrogens with zero attached hydrogens (tertiary/aromatic N) is 3. The van der Waals surface area contributed by atoms with E-state index in [1.165, 1.54) is 0 Å². The summed E-state index contributed by atoms with van der Waals surface area (Å²) in [6.45, 7) is 2.27. The number of H-pyrrole nitrogens is 1. The van der Waals surface area contributed by atoms with Crippen molar-refractivity contribution in [1.82, 2.24) is 19.9 Å². The zero-order valence-electron chi connectivity index (χ0n) is 13.6. The van der Waals surface area contributed by atoms with Crippen molar-refractivity contribution in [3.63, 3.8) is 0 Å². The third kappa shape index (κ3) is 3.55. The minimum Gasteiger partial charge on any atom is -0.306 e. The molecule has 0 atom stereocenters. The van der Waals surface area contributed by atoms with E-state index >= 15 is 0 Å². The molecule has 126 valence electrons. The Hall–Kier alpha value is -2.31. The predicted molar refractivity (Wildman–Crippen MR) is 100 cm³/mol. The molecule has 1 N–H and O–H groups in total. The van der Waals surface area contributed by atoms with Crippen molar-refractivity contribution in [2.24, 2.45) is 0 Å². The van der Waals surface area contributed by atoms with Crippen LogP contribution in [0.5, 0.6) is 0 Å². The van der Waals surface area contributed by atoms with Crippen LogP contribution in [0.15, 0.2) is 58.1 Å². The van der Waals surface area contributed by atoms with Gasteiger partial charge in [-0.3, -0.25) is 9.69 Å². The van der Waals surface area contributed by atoms with E-state index in [4.69, 9.17) is 4.98 Å². The molecule has 0 aliphatic carbocycles. The standard InChI is InChI=1S/C19H17BrN4O/c20-17-7-6-13(10-21-17)11-24-9-8-16-15(12-24)19(25)23-18(22-16)14-4-2-1-3-5-14/h1-7,10H,8-9,11-12H2,(H,22,23,25). The molecule has 1 aliphatic heterocycles. The van der Waals surface area contributed by atoms with Crippen LogP contribution in [0.2, 0.25) is 0 Å². The fourth-order valence-electron chi connectivity index (χ4n) is 3.11. The Bertz CT molecular complexity index is 938. The van der Waals surface area contributed by atoms with Gasteiger partial charge in [0.2, 0.25) is 0 Å². The Balaban J connectivity index is 1.57. The largest absolute Gasteiger partial charge is 0.306 e.